The lowest BCUT2D eigenvalue weighted by Gasteiger charge is -1.97. The van der Waals surface area contributed by atoms with Gasteiger partial charge in [0.15, 0.2) is 0 Å². The number of esters is 1. The summed E-state index contributed by atoms with van der Waals surface area (Å²) in [6.45, 7) is 2.80. The van der Waals surface area contributed by atoms with E-state index in [2.05, 4.69) is 10.1 Å². The molecular weight excluding hydrogens is 250 g/mol. The highest BCUT2D eigenvalue weighted by atomic mass is 32.1. The third-order valence-corrected chi connectivity index (χ3v) is 3.20. The highest BCUT2D eigenvalue weighted by molar-refractivity contribution is 7.15. The van der Waals surface area contributed by atoms with Crippen LogP contribution >= 0.6 is 11.3 Å². The van der Waals surface area contributed by atoms with Crippen LogP contribution in [-0.4, -0.2) is 32.0 Å². The fraction of sp³-hybridized carbons (Fsp3) is 0.385. The predicted molar refractivity (Wildman–Crippen MR) is 72.9 cm³/mol. The number of carbonyl (C=O) groups excluding carboxylic acids is 2. The molecule has 1 rings (SSSR count). The van der Waals surface area contributed by atoms with Crippen molar-refractivity contribution in [2.75, 3.05) is 20.2 Å². The topological polar surface area (TPSA) is 55.4 Å². The van der Waals surface area contributed by atoms with E-state index in [4.69, 9.17) is 0 Å². The molecule has 0 fully saturated rings. The van der Waals surface area contributed by atoms with Crippen LogP contribution in [0.5, 0.6) is 0 Å². The Morgan fingerprint density at radius 2 is 2.22 bits per heavy atom. The molecule has 0 atom stereocenters. The lowest BCUT2D eigenvalue weighted by molar-refractivity contribution is -0.137. The average molecular weight is 267 g/mol. The summed E-state index contributed by atoms with van der Waals surface area (Å²) in [7, 11) is 1.90. The van der Waals surface area contributed by atoms with Crippen molar-refractivity contribution >= 4 is 29.2 Å². The molecule has 0 saturated carbocycles. The molecule has 0 aliphatic heterocycles. The third-order valence-electron chi connectivity index (χ3n) is 2.15. The van der Waals surface area contributed by atoms with Gasteiger partial charge < -0.3 is 10.1 Å². The monoisotopic (exact) mass is 267 g/mol. The zero-order chi connectivity index (χ0) is 13.4. The minimum absolute atomic E-state index is 0.215. The Morgan fingerprint density at radius 1 is 1.44 bits per heavy atom. The van der Waals surface area contributed by atoms with Gasteiger partial charge in [0.25, 0.3) is 5.78 Å². The van der Waals surface area contributed by atoms with Gasteiger partial charge in [-0.05, 0) is 45.1 Å². The highest BCUT2D eigenvalue weighted by Gasteiger charge is 2.18. The minimum atomic E-state index is -0.787. The maximum absolute atomic E-state index is 11.6. The molecule has 0 aliphatic carbocycles. The third kappa shape index (κ3) is 4.43. The van der Waals surface area contributed by atoms with Gasteiger partial charge in [0.2, 0.25) is 0 Å². The molecule has 98 valence electrons. The van der Waals surface area contributed by atoms with Gasteiger partial charge in [-0.3, -0.25) is 4.79 Å². The Labute approximate surface area is 111 Å². The molecule has 0 amide bonds. The fourth-order valence-electron chi connectivity index (χ4n) is 1.29. The number of ether oxygens (including phenoxy) is 1. The van der Waals surface area contributed by atoms with Crippen LogP contribution in [0.15, 0.2) is 18.2 Å². The molecular formula is C13H17NO3S. The molecule has 18 heavy (non-hydrogen) atoms. The summed E-state index contributed by atoms with van der Waals surface area (Å²) in [5.41, 5.74) is 0. The molecule has 4 nitrogen and oxygen atoms in total. The molecule has 0 aliphatic rings. The van der Waals surface area contributed by atoms with E-state index >= 15 is 0 Å². The zero-order valence-corrected chi connectivity index (χ0v) is 11.4. The quantitative estimate of drug-likeness (QED) is 0.356. The highest BCUT2D eigenvalue weighted by Crippen LogP contribution is 2.19. The van der Waals surface area contributed by atoms with Crippen molar-refractivity contribution < 1.29 is 14.3 Å². The SMILES string of the molecule is CCOC(=O)C(=O)c1ccc(C=CCCNC)s1. The predicted octanol–water partition coefficient (Wildman–Crippen LogP) is 2.12. The molecule has 0 aromatic carbocycles. The molecule has 0 unspecified atom stereocenters. The first-order valence-electron chi connectivity index (χ1n) is 5.81. The Kier molecular flexibility index (Phi) is 6.32. The summed E-state index contributed by atoms with van der Waals surface area (Å²) in [6.07, 6.45) is 4.90. The minimum Gasteiger partial charge on any atom is -0.460 e. The Morgan fingerprint density at radius 3 is 2.89 bits per heavy atom. The first-order chi connectivity index (χ1) is 8.69. The molecule has 0 saturated heterocycles. The Balaban J connectivity index is 2.60. The summed E-state index contributed by atoms with van der Waals surface area (Å²) in [6, 6.07) is 3.48. The molecule has 0 spiro atoms. The van der Waals surface area contributed by atoms with Gasteiger partial charge in [-0.1, -0.05) is 6.08 Å². The molecule has 1 N–H and O–H groups in total. The van der Waals surface area contributed by atoms with Crippen LogP contribution in [0.25, 0.3) is 6.08 Å². The van der Waals surface area contributed by atoms with Crippen molar-refractivity contribution in [2.24, 2.45) is 0 Å². The van der Waals surface area contributed by atoms with Crippen molar-refractivity contribution in [1.29, 1.82) is 0 Å². The van der Waals surface area contributed by atoms with Crippen molar-refractivity contribution in [2.45, 2.75) is 13.3 Å². The number of carbonyl (C=O) groups is 2. The Bertz CT molecular complexity index is 437. The fourth-order valence-corrected chi connectivity index (χ4v) is 2.16. The zero-order valence-electron chi connectivity index (χ0n) is 10.6. The van der Waals surface area contributed by atoms with E-state index < -0.39 is 11.8 Å². The van der Waals surface area contributed by atoms with Crippen LogP contribution in [0.3, 0.4) is 0 Å². The van der Waals surface area contributed by atoms with Gasteiger partial charge in [0.1, 0.15) is 0 Å². The Hall–Kier alpha value is -1.46. The normalized spacial score (nSPS) is 10.8. The molecule has 0 bridgehead atoms. The van der Waals surface area contributed by atoms with E-state index in [1.807, 2.05) is 25.3 Å². The maximum atomic E-state index is 11.6. The smallest absolute Gasteiger partial charge is 0.380 e. The van der Waals surface area contributed by atoms with E-state index in [1.54, 1.807) is 13.0 Å². The number of rotatable bonds is 7. The molecule has 1 heterocycles. The summed E-state index contributed by atoms with van der Waals surface area (Å²) in [5, 5.41) is 3.04. The van der Waals surface area contributed by atoms with E-state index in [1.165, 1.54) is 11.3 Å². The number of Topliss-reactive ketones (excluding diaryl/α,β-unsaturated/α-hetero) is 1. The summed E-state index contributed by atoms with van der Waals surface area (Å²) >= 11 is 1.30. The molecule has 1 aromatic heterocycles. The molecule has 0 radical (unpaired) electrons. The van der Waals surface area contributed by atoms with Crippen LogP contribution in [0, 0.1) is 0 Å². The van der Waals surface area contributed by atoms with Crippen LogP contribution in [-0.2, 0) is 9.53 Å². The van der Waals surface area contributed by atoms with Crippen LogP contribution < -0.4 is 5.32 Å². The van der Waals surface area contributed by atoms with Crippen molar-refractivity contribution in [3.8, 4) is 0 Å². The van der Waals surface area contributed by atoms with Crippen molar-refractivity contribution in [3.05, 3.63) is 28.0 Å². The largest absolute Gasteiger partial charge is 0.460 e. The standard InChI is InChI=1S/C13H17NO3S/c1-3-17-13(16)12(15)11-8-7-10(18-11)6-4-5-9-14-2/h4,6-8,14H,3,5,9H2,1-2H3. The number of hydrogen-bond acceptors (Lipinski definition) is 5. The number of hydrogen-bond donors (Lipinski definition) is 1. The van der Waals surface area contributed by atoms with Crippen LogP contribution in [0.4, 0.5) is 0 Å². The van der Waals surface area contributed by atoms with E-state index in [0.29, 0.717) is 4.88 Å². The first-order valence-corrected chi connectivity index (χ1v) is 6.63. The van der Waals surface area contributed by atoms with E-state index in [-0.39, 0.29) is 6.61 Å². The second-order valence-electron chi connectivity index (χ2n) is 3.55. The number of thiophene rings is 1. The molecule has 5 heteroatoms. The maximum Gasteiger partial charge on any atom is 0.380 e. The summed E-state index contributed by atoms with van der Waals surface area (Å²) in [4.78, 5) is 24.3. The van der Waals surface area contributed by atoms with Crippen molar-refractivity contribution in [1.82, 2.24) is 5.32 Å². The number of nitrogens with one attached hydrogen (secondary N) is 1. The summed E-state index contributed by atoms with van der Waals surface area (Å²) < 4.78 is 4.67. The van der Waals surface area contributed by atoms with E-state index in [0.717, 1.165) is 17.8 Å². The van der Waals surface area contributed by atoms with Crippen LogP contribution in [0.2, 0.25) is 0 Å². The van der Waals surface area contributed by atoms with Crippen LogP contribution in [0.1, 0.15) is 27.9 Å². The van der Waals surface area contributed by atoms with Gasteiger partial charge in [-0.25, -0.2) is 4.79 Å². The average Bonchev–Trinajstić information content (AvgIpc) is 2.83. The van der Waals surface area contributed by atoms with E-state index in [9.17, 15) is 9.59 Å². The number of ketones is 1. The lowest BCUT2D eigenvalue weighted by atomic mass is 10.3. The lowest BCUT2D eigenvalue weighted by Crippen LogP contribution is -2.16. The first kappa shape index (κ1) is 14.6. The van der Waals surface area contributed by atoms with Gasteiger partial charge in [-0.2, -0.15) is 0 Å². The summed E-state index contributed by atoms with van der Waals surface area (Å²) in [5.74, 6) is -1.36. The van der Waals surface area contributed by atoms with Crippen molar-refractivity contribution in [3.63, 3.8) is 0 Å². The van der Waals surface area contributed by atoms with Gasteiger partial charge in [0.05, 0.1) is 11.5 Å². The van der Waals surface area contributed by atoms with Gasteiger partial charge in [0, 0.05) is 4.88 Å². The second-order valence-corrected chi connectivity index (χ2v) is 4.66. The second kappa shape index (κ2) is 7.79. The van der Waals surface area contributed by atoms with Gasteiger partial charge in [-0.15, -0.1) is 11.3 Å². The molecule has 1 aromatic rings. The van der Waals surface area contributed by atoms with Gasteiger partial charge >= 0.3 is 5.97 Å².